The molecule has 0 aliphatic carbocycles. The average molecular weight is 281 g/mol. The van der Waals surface area contributed by atoms with Crippen LogP contribution in [0.1, 0.15) is 36.7 Å². The summed E-state index contributed by atoms with van der Waals surface area (Å²) >= 11 is 5.09. The van der Waals surface area contributed by atoms with Gasteiger partial charge in [-0.3, -0.25) is 4.98 Å². The fourth-order valence-electron chi connectivity index (χ4n) is 1.92. The molecule has 4 nitrogen and oxygen atoms in total. The fraction of sp³-hybridized carbons (Fsp3) is 0.571. The predicted molar refractivity (Wildman–Crippen MR) is 83.8 cm³/mol. The second kappa shape index (κ2) is 8.07. The van der Waals surface area contributed by atoms with Gasteiger partial charge in [0.05, 0.1) is 5.56 Å². The summed E-state index contributed by atoms with van der Waals surface area (Å²) in [5.74, 6) is 0. The molecule has 1 aromatic heterocycles. The lowest BCUT2D eigenvalue weighted by atomic mass is 10.1. The Labute approximate surface area is 120 Å². The van der Waals surface area contributed by atoms with Crippen molar-refractivity contribution in [1.82, 2.24) is 4.98 Å². The van der Waals surface area contributed by atoms with Crippen LogP contribution >= 0.6 is 12.2 Å². The van der Waals surface area contributed by atoms with Gasteiger partial charge in [-0.2, -0.15) is 0 Å². The van der Waals surface area contributed by atoms with Gasteiger partial charge >= 0.3 is 0 Å². The number of nitrogens with one attached hydrogen (secondary N) is 1. The summed E-state index contributed by atoms with van der Waals surface area (Å²) in [7, 11) is 0. The Bertz CT molecular complexity index is 435. The van der Waals surface area contributed by atoms with Crippen LogP contribution in [-0.4, -0.2) is 29.7 Å². The summed E-state index contributed by atoms with van der Waals surface area (Å²) in [6.07, 6.45) is 2.01. The highest BCUT2D eigenvalue weighted by Gasteiger charge is 2.10. The van der Waals surface area contributed by atoms with E-state index in [0.29, 0.717) is 4.99 Å². The summed E-state index contributed by atoms with van der Waals surface area (Å²) in [6.45, 7) is 8.43. The first-order valence-electron chi connectivity index (χ1n) is 6.66. The molecule has 0 saturated heterocycles. The minimum absolute atomic E-state index is 0.384. The van der Waals surface area contributed by atoms with E-state index in [4.69, 9.17) is 22.7 Å². The summed E-state index contributed by atoms with van der Waals surface area (Å²) in [4.78, 5) is 4.78. The Morgan fingerprint density at radius 2 is 2.16 bits per heavy atom. The third kappa shape index (κ3) is 5.12. The maximum absolute atomic E-state index is 5.76. The number of thiocarbonyl (C=S) groups is 1. The van der Waals surface area contributed by atoms with Crippen LogP contribution in [0.2, 0.25) is 0 Å². The number of hydrogen-bond donors (Lipinski definition) is 2. The second-order valence-electron chi connectivity index (χ2n) is 4.53. The van der Waals surface area contributed by atoms with Crippen LogP contribution in [-0.2, 0) is 4.74 Å². The van der Waals surface area contributed by atoms with Crippen LogP contribution in [0.15, 0.2) is 6.07 Å². The van der Waals surface area contributed by atoms with Gasteiger partial charge in [0.2, 0.25) is 0 Å². The Morgan fingerprint density at radius 1 is 1.42 bits per heavy atom. The zero-order chi connectivity index (χ0) is 14.3. The number of ether oxygens (including phenoxy) is 1. The van der Waals surface area contributed by atoms with E-state index in [9.17, 15) is 0 Å². The third-order valence-electron chi connectivity index (χ3n) is 2.70. The number of rotatable bonds is 8. The topological polar surface area (TPSA) is 60.2 Å². The Balaban J connectivity index is 2.59. The van der Waals surface area contributed by atoms with Gasteiger partial charge in [0.15, 0.2) is 0 Å². The lowest BCUT2D eigenvalue weighted by Crippen LogP contribution is -2.17. The summed E-state index contributed by atoms with van der Waals surface area (Å²) in [6, 6.07) is 1.98. The van der Waals surface area contributed by atoms with E-state index >= 15 is 0 Å². The lowest BCUT2D eigenvalue weighted by molar-refractivity contribution is 0.134. The molecule has 5 heteroatoms. The van der Waals surface area contributed by atoms with Crippen molar-refractivity contribution < 1.29 is 4.74 Å². The van der Waals surface area contributed by atoms with Crippen LogP contribution in [0, 0.1) is 13.8 Å². The van der Waals surface area contributed by atoms with Gasteiger partial charge < -0.3 is 15.8 Å². The van der Waals surface area contributed by atoms with E-state index in [-0.39, 0.29) is 0 Å². The molecule has 0 fully saturated rings. The Kier molecular flexibility index (Phi) is 6.73. The SMILES string of the molecule is CCCOCCCNc1cc(C)nc(C)c1C(N)=S. The zero-order valence-corrected chi connectivity index (χ0v) is 12.8. The van der Waals surface area contributed by atoms with Crippen molar-refractivity contribution in [3.63, 3.8) is 0 Å². The van der Waals surface area contributed by atoms with Gasteiger partial charge in [-0.05, 0) is 32.8 Å². The van der Waals surface area contributed by atoms with E-state index < -0.39 is 0 Å². The monoisotopic (exact) mass is 281 g/mol. The quantitative estimate of drug-likeness (QED) is 0.566. The van der Waals surface area contributed by atoms with Crippen molar-refractivity contribution in [2.75, 3.05) is 25.1 Å². The fourth-order valence-corrected chi connectivity index (χ4v) is 2.18. The molecule has 0 spiro atoms. The largest absolute Gasteiger partial charge is 0.389 e. The maximum atomic E-state index is 5.76. The molecule has 1 aromatic rings. The molecule has 0 aromatic carbocycles. The van der Waals surface area contributed by atoms with Gasteiger partial charge in [0.25, 0.3) is 0 Å². The van der Waals surface area contributed by atoms with Crippen molar-refractivity contribution in [3.8, 4) is 0 Å². The second-order valence-corrected chi connectivity index (χ2v) is 4.97. The number of hydrogen-bond acceptors (Lipinski definition) is 4. The summed E-state index contributed by atoms with van der Waals surface area (Å²) in [5, 5.41) is 3.37. The molecule has 1 heterocycles. The highest BCUT2D eigenvalue weighted by molar-refractivity contribution is 7.80. The third-order valence-corrected chi connectivity index (χ3v) is 2.91. The van der Waals surface area contributed by atoms with Crippen LogP contribution < -0.4 is 11.1 Å². The number of nitrogens with two attached hydrogens (primary N) is 1. The van der Waals surface area contributed by atoms with Crippen molar-refractivity contribution in [2.45, 2.75) is 33.6 Å². The lowest BCUT2D eigenvalue weighted by Gasteiger charge is -2.14. The molecule has 19 heavy (non-hydrogen) atoms. The van der Waals surface area contributed by atoms with Gasteiger partial charge in [-0.25, -0.2) is 0 Å². The number of pyridine rings is 1. The van der Waals surface area contributed by atoms with Crippen LogP contribution in [0.5, 0.6) is 0 Å². The number of nitrogens with zero attached hydrogens (tertiary/aromatic N) is 1. The molecule has 0 unspecified atom stereocenters. The molecule has 0 saturated carbocycles. The minimum atomic E-state index is 0.384. The molecule has 0 bridgehead atoms. The van der Waals surface area contributed by atoms with Crippen LogP contribution in [0.25, 0.3) is 0 Å². The molecule has 106 valence electrons. The van der Waals surface area contributed by atoms with Gasteiger partial charge in [0.1, 0.15) is 4.99 Å². The average Bonchev–Trinajstić information content (AvgIpc) is 2.32. The van der Waals surface area contributed by atoms with Gasteiger partial charge in [-0.1, -0.05) is 19.1 Å². The highest BCUT2D eigenvalue weighted by atomic mass is 32.1. The first-order chi connectivity index (χ1) is 9.06. The van der Waals surface area contributed by atoms with Crippen molar-refractivity contribution in [1.29, 1.82) is 0 Å². The van der Waals surface area contributed by atoms with E-state index in [2.05, 4.69) is 17.2 Å². The first-order valence-corrected chi connectivity index (χ1v) is 7.06. The van der Waals surface area contributed by atoms with Crippen LogP contribution in [0.4, 0.5) is 5.69 Å². The van der Waals surface area contributed by atoms with Crippen molar-refractivity contribution in [2.24, 2.45) is 5.73 Å². The molecular weight excluding hydrogens is 258 g/mol. The van der Waals surface area contributed by atoms with E-state index in [1.54, 1.807) is 0 Å². The van der Waals surface area contributed by atoms with E-state index in [0.717, 1.165) is 55.2 Å². The number of anilines is 1. The normalized spacial score (nSPS) is 10.5. The molecule has 1 rings (SSSR count). The summed E-state index contributed by atoms with van der Waals surface area (Å²) < 4.78 is 5.44. The van der Waals surface area contributed by atoms with Gasteiger partial charge in [0, 0.05) is 36.8 Å². The molecule has 3 N–H and O–H groups in total. The highest BCUT2D eigenvalue weighted by Crippen LogP contribution is 2.19. The first kappa shape index (κ1) is 15.9. The molecule has 0 atom stereocenters. The molecule has 0 aliphatic heterocycles. The Morgan fingerprint density at radius 3 is 2.79 bits per heavy atom. The van der Waals surface area contributed by atoms with E-state index in [1.165, 1.54) is 0 Å². The van der Waals surface area contributed by atoms with Crippen LogP contribution in [0.3, 0.4) is 0 Å². The smallest absolute Gasteiger partial charge is 0.107 e. The van der Waals surface area contributed by atoms with E-state index in [1.807, 2.05) is 19.9 Å². The van der Waals surface area contributed by atoms with Crippen molar-refractivity contribution >= 4 is 22.9 Å². The Hall–Kier alpha value is -1.20. The molecule has 0 radical (unpaired) electrons. The molecule has 0 aliphatic rings. The summed E-state index contributed by atoms with van der Waals surface area (Å²) in [5.41, 5.74) is 9.40. The number of aromatic nitrogens is 1. The minimum Gasteiger partial charge on any atom is -0.389 e. The standard InChI is InChI=1S/C14H23N3OS/c1-4-7-18-8-5-6-16-12-9-10(2)17-11(3)13(12)14(15)19/h9H,4-8H2,1-3H3,(H2,15,19)(H,16,17). The van der Waals surface area contributed by atoms with Gasteiger partial charge in [-0.15, -0.1) is 0 Å². The molecule has 0 amide bonds. The predicted octanol–water partition coefficient (Wildman–Crippen LogP) is 2.56. The number of aryl methyl sites for hydroxylation is 2. The molecular formula is C14H23N3OS. The zero-order valence-electron chi connectivity index (χ0n) is 12.0. The maximum Gasteiger partial charge on any atom is 0.107 e. The van der Waals surface area contributed by atoms with Crippen molar-refractivity contribution in [3.05, 3.63) is 23.0 Å².